The van der Waals surface area contributed by atoms with Gasteiger partial charge in [0.05, 0.1) is 11.9 Å². The van der Waals surface area contributed by atoms with Crippen molar-refractivity contribution in [3.63, 3.8) is 0 Å². The largest absolute Gasteiger partial charge is 0.354 e. The molecular formula is C27H32ClN3O4S. The molecule has 1 N–H and O–H groups in total. The molecule has 9 heteroatoms. The quantitative estimate of drug-likeness (QED) is 0.420. The fourth-order valence-corrected chi connectivity index (χ4v) is 4.96. The molecule has 192 valence electrons. The van der Waals surface area contributed by atoms with E-state index in [2.05, 4.69) is 5.32 Å². The number of benzene rings is 3. The van der Waals surface area contributed by atoms with E-state index in [0.29, 0.717) is 22.6 Å². The summed E-state index contributed by atoms with van der Waals surface area (Å²) in [5.74, 6) is -0.569. The van der Waals surface area contributed by atoms with Gasteiger partial charge in [0.15, 0.2) is 0 Å². The highest BCUT2D eigenvalue weighted by Crippen LogP contribution is 2.28. The molecule has 3 aromatic rings. The van der Waals surface area contributed by atoms with Crippen LogP contribution in [0.3, 0.4) is 0 Å². The van der Waals surface area contributed by atoms with E-state index in [0.717, 1.165) is 21.5 Å². The molecule has 0 bridgehead atoms. The van der Waals surface area contributed by atoms with Gasteiger partial charge in [-0.15, -0.1) is 0 Å². The lowest BCUT2D eigenvalue weighted by Gasteiger charge is -2.32. The number of hydrogen-bond acceptors (Lipinski definition) is 4. The lowest BCUT2D eigenvalue weighted by atomic mass is 10.1. The molecule has 2 amide bonds. The summed E-state index contributed by atoms with van der Waals surface area (Å²) in [6.07, 6.45) is 1.07. The highest BCUT2D eigenvalue weighted by molar-refractivity contribution is 7.92. The second-order valence-corrected chi connectivity index (χ2v) is 11.6. The summed E-state index contributed by atoms with van der Waals surface area (Å²) in [7, 11) is -3.82. The summed E-state index contributed by atoms with van der Waals surface area (Å²) in [5, 5.41) is 4.93. The molecule has 0 saturated carbocycles. The Bertz CT molecular complexity index is 1340. The lowest BCUT2D eigenvalue weighted by molar-refractivity contribution is -0.139. The van der Waals surface area contributed by atoms with E-state index in [-0.39, 0.29) is 18.4 Å². The SMILES string of the molecule is CC(C)CNC(=O)[C@@H](C)N(Cc1cccc(Cl)c1)C(=O)CN(c1cccc2ccccc12)S(C)(=O)=O. The summed E-state index contributed by atoms with van der Waals surface area (Å²) in [6.45, 7) is 5.72. The van der Waals surface area contributed by atoms with E-state index in [1.165, 1.54) is 4.90 Å². The zero-order valence-corrected chi connectivity index (χ0v) is 22.5. The molecule has 0 spiro atoms. The number of halogens is 1. The van der Waals surface area contributed by atoms with Gasteiger partial charge in [-0.05, 0) is 42.0 Å². The Morgan fingerprint density at radius 2 is 1.64 bits per heavy atom. The third-order valence-electron chi connectivity index (χ3n) is 5.81. The Balaban J connectivity index is 1.97. The van der Waals surface area contributed by atoms with E-state index in [4.69, 9.17) is 11.6 Å². The first-order chi connectivity index (χ1) is 17.0. The van der Waals surface area contributed by atoms with Crippen molar-refractivity contribution >= 4 is 49.9 Å². The van der Waals surface area contributed by atoms with Gasteiger partial charge in [-0.1, -0.05) is 74.0 Å². The Kier molecular flexibility index (Phi) is 8.98. The van der Waals surface area contributed by atoms with Gasteiger partial charge in [0.1, 0.15) is 12.6 Å². The first-order valence-corrected chi connectivity index (χ1v) is 14.0. The summed E-state index contributed by atoms with van der Waals surface area (Å²) in [5.41, 5.74) is 1.14. The minimum atomic E-state index is -3.82. The smallest absolute Gasteiger partial charge is 0.244 e. The normalized spacial score (nSPS) is 12.4. The van der Waals surface area contributed by atoms with Crippen molar-refractivity contribution < 1.29 is 18.0 Å². The van der Waals surface area contributed by atoms with Gasteiger partial charge in [-0.3, -0.25) is 13.9 Å². The number of carbonyl (C=O) groups is 2. The molecular weight excluding hydrogens is 498 g/mol. The van der Waals surface area contributed by atoms with Crippen LogP contribution < -0.4 is 9.62 Å². The van der Waals surface area contributed by atoms with Crippen LogP contribution in [0.25, 0.3) is 10.8 Å². The number of nitrogens with zero attached hydrogens (tertiary/aromatic N) is 2. The van der Waals surface area contributed by atoms with E-state index < -0.39 is 28.5 Å². The summed E-state index contributed by atoms with van der Waals surface area (Å²) < 4.78 is 26.9. The number of hydrogen-bond donors (Lipinski definition) is 1. The number of anilines is 1. The van der Waals surface area contributed by atoms with Crippen LogP contribution in [0.4, 0.5) is 5.69 Å². The van der Waals surface area contributed by atoms with Crippen molar-refractivity contribution in [1.82, 2.24) is 10.2 Å². The number of nitrogens with one attached hydrogen (secondary N) is 1. The van der Waals surface area contributed by atoms with Crippen molar-refractivity contribution in [2.45, 2.75) is 33.4 Å². The van der Waals surface area contributed by atoms with Crippen molar-refractivity contribution in [3.05, 3.63) is 77.3 Å². The molecule has 0 heterocycles. The highest BCUT2D eigenvalue weighted by Gasteiger charge is 2.30. The van der Waals surface area contributed by atoms with Crippen molar-refractivity contribution in [1.29, 1.82) is 0 Å². The van der Waals surface area contributed by atoms with Crippen molar-refractivity contribution in [3.8, 4) is 0 Å². The first kappa shape index (κ1) is 27.5. The zero-order chi connectivity index (χ0) is 26.5. The van der Waals surface area contributed by atoms with Gasteiger partial charge in [0.2, 0.25) is 21.8 Å². The van der Waals surface area contributed by atoms with Crippen LogP contribution in [0, 0.1) is 5.92 Å². The minimum absolute atomic E-state index is 0.1000. The maximum absolute atomic E-state index is 13.7. The van der Waals surface area contributed by atoms with E-state index >= 15 is 0 Å². The molecule has 0 fully saturated rings. The fraction of sp³-hybridized carbons (Fsp3) is 0.333. The number of sulfonamides is 1. The Morgan fingerprint density at radius 1 is 0.972 bits per heavy atom. The number of carbonyl (C=O) groups excluding carboxylic acids is 2. The van der Waals surface area contributed by atoms with Crippen LogP contribution in [0.15, 0.2) is 66.7 Å². The molecule has 0 aliphatic carbocycles. The molecule has 0 aliphatic heterocycles. The van der Waals surface area contributed by atoms with Crippen molar-refractivity contribution in [2.24, 2.45) is 5.92 Å². The van der Waals surface area contributed by atoms with Gasteiger partial charge in [-0.2, -0.15) is 0 Å². The zero-order valence-electron chi connectivity index (χ0n) is 20.9. The van der Waals surface area contributed by atoms with Crippen LogP contribution in [-0.4, -0.2) is 50.5 Å². The van der Waals surface area contributed by atoms with E-state index in [9.17, 15) is 18.0 Å². The first-order valence-electron chi connectivity index (χ1n) is 11.7. The highest BCUT2D eigenvalue weighted by atomic mass is 35.5. The summed E-state index contributed by atoms with van der Waals surface area (Å²) >= 11 is 6.14. The average molecular weight is 530 g/mol. The summed E-state index contributed by atoms with van der Waals surface area (Å²) in [6, 6.07) is 18.9. The Morgan fingerprint density at radius 3 is 2.31 bits per heavy atom. The second kappa shape index (κ2) is 11.8. The minimum Gasteiger partial charge on any atom is -0.354 e. The van der Waals surface area contributed by atoms with Crippen LogP contribution in [0.1, 0.15) is 26.3 Å². The third-order valence-corrected chi connectivity index (χ3v) is 7.17. The van der Waals surface area contributed by atoms with Crippen LogP contribution in [-0.2, 0) is 26.2 Å². The molecule has 0 radical (unpaired) electrons. The number of amides is 2. The van der Waals surface area contributed by atoms with Gasteiger partial charge in [0.25, 0.3) is 0 Å². The third kappa shape index (κ3) is 6.98. The standard InChI is InChI=1S/C27H32ClN3O4S/c1-19(2)16-29-27(33)20(3)30(17-21-9-7-12-23(28)15-21)26(32)18-31(36(4,34)35)25-14-8-11-22-10-5-6-13-24(22)25/h5-15,19-20H,16-18H2,1-4H3,(H,29,33)/t20-/m1/s1. The predicted octanol–water partition coefficient (Wildman–Crippen LogP) is 4.45. The molecule has 0 aromatic heterocycles. The molecule has 3 aromatic carbocycles. The second-order valence-electron chi connectivity index (χ2n) is 9.23. The molecule has 7 nitrogen and oxygen atoms in total. The topological polar surface area (TPSA) is 86.8 Å². The van der Waals surface area contributed by atoms with Crippen LogP contribution >= 0.6 is 11.6 Å². The molecule has 1 atom stereocenters. The van der Waals surface area contributed by atoms with E-state index in [1.807, 2.05) is 50.2 Å². The van der Waals surface area contributed by atoms with Gasteiger partial charge in [-0.25, -0.2) is 8.42 Å². The molecule has 0 unspecified atom stereocenters. The van der Waals surface area contributed by atoms with Crippen LogP contribution in [0.5, 0.6) is 0 Å². The van der Waals surface area contributed by atoms with Gasteiger partial charge < -0.3 is 10.2 Å². The van der Waals surface area contributed by atoms with E-state index in [1.54, 1.807) is 37.3 Å². The fourth-order valence-electron chi connectivity index (χ4n) is 3.89. The molecule has 0 saturated heterocycles. The van der Waals surface area contributed by atoms with Gasteiger partial charge in [0, 0.05) is 23.5 Å². The van der Waals surface area contributed by atoms with Crippen molar-refractivity contribution in [2.75, 3.05) is 23.7 Å². The Hall–Kier alpha value is -3.10. The monoisotopic (exact) mass is 529 g/mol. The summed E-state index contributed by atoms with van der Waals surface area (Å²) in [4.78, 5) is 28.0. The number of fused-ring (bicyclic) bond motifs is 1. The molecule has 3 rings (SSSR count). The van der Waals surface area contributed by atoms with Gasteiger partial charge >= 0.3 is 0 Å². The number of rotatable bonds is 10. The maximum Gasteiger partial charge on any atom is 0.244 e. The lowest BCUT2D eigenvalue weighted by Crippen LogP contribution is -2.51. The molecule has 36 heavy (non-hydrogen) atoms. The average Bonchev–Trinajstić information content (AvgIpc) is 2.83. The maximum atomic E-state index is 13.7. The predicted molar refractivity (Wildman–Crippen MR) is 145 cm³/mol. The Labute approximate surface area is 218 Å². The van der Waals surface area contributed by atoms with Crippen LogP contribution in [0.2, 0.25) is 5.02 Å². The molecule has 0 aliphatic rings.